The van der Waals surface area contributed by atoms with E-state index in [-0.39, 0.29) is 17.1 Å². The summed E-state index contributed by atoms with van der Waals surface area (Å²) in [7, 11) is -3.34. The minimum atomic E-state index is -3.34. The number of benzene rings is 1. The van der Waals surface area contributed by atoms with Gasteiger partial charge >= 0.3 is 0 Å². The van der Waals surface area contributed by atoms with E-state index < -0.39 is 15.4 Å². The van der Waals surface area contributed by atoms with Crippen LogP contribution < -0.4 is 0 Å². The summed E-state index contributed by atoms with van der Waals surface area (Å²) < 4.78 is 26.8. The molecule has 1 aliphatic heterocycles. The summed E-state index contributed by atoms with van der Waals surface area (Å²) in [5, 5.41) is 15.5. The Hall–Kier alpha value is -1.18. The normalized spacial score (nSPS) is 23.8. The van der Waals surface area contributed by atoms with E-state index in [9.17, 15) is 13.5 Å². The molecule has 112 valence electrons. The van der Waals surface area contributed by atoms with Gasteiger partial charge in [0.25, 0.3) is 0 Å². The molecule has 1 unspecified atom stereocenters. The maximum atomic E-state index is 12.2. The molecule has 1 atom stereocenters. The average molecular weight is 371 g/mol. The topological polar surface area (TPSA) is 72.2 Å². The van der Waals surface area contributed by atoms with Crippen molar-refractivity contribution in [2.45, 2.75) is 30.4 Å². The van der Waals surface area contributed by atoms with Crippen LogP contribution in [0.3, 0.4) is 0 Å². The molecular formula is C14H15BrN2O3S. The first-order valence-corrected chi connectivity index (χ1v) is 9.11. The van der Waals surface area contributed by atoms with E-state index in [1.165, 1.54) is 0 Å². The van der Waals surface area contributed by atoms with Gasteiger partial charge in [-0.2, -0.15) is 5.10 Å². The fourth-order valence-electron chi connectivity index (χ4n) is 2.87. The second kappa shape index (κ2) is 4.93. The van der Waals surface area contributed by atoms with Crippen LogP contribution in [0.15, 0.2) is 39.8 Å². The highest BCUT2D eigenvalue weighted by molar-refractivity contribution is 9.10. The first kappa shape index (κ1) is 14.7. The molecule has 5 nitrogen and oxygen atoms in total. The first-order valence-electron chi connectivity index (χ1n) is 6.66. The maximum absolute atomic E-state index is 12.2. The van der Waals surface area contributed by atoms with Gasteiger partial charge in [-0.1, -0.05) is 18.2 Å². The Morgan fingerprint density at radius 3 is 2.86 bits per heavy atom. The summed E-state index contributed by atoms with van der Waals surface area (Å²) in [6.07, 6.45) is 1.75. The molecule has 1 aliphatic rings. The molecule has 21 heavy (non-hydrogen) atoms. The Kier molecular flexibility index (Phi) is 3.46. The van der Waals surface area contributed by atoms with E-state index >= 15 is 0 Å². The zero-order valence-electron chi connectivity index (χ0n) is 11.5. The monoisotopic (exact) mass is 370 g/mol. The predicted octanol–water partition coefficient (Wildman–Crippen LogP) is 2.08. The van der Waals surface area contributed by atoms with Crippen LogP contribution >= 0.6 is 15.9 Å². The third kappa shape index (κ3) is 2.15. The lowest BCUT2D eigenvalue weighted by Gasteiger charge is -2.34. The standard InChI is InChI=1S/C14H15BrN2O3S/c1-2-17-13(11(15)9-16-17)14(18)7-8-21(19,20)12-6-4-3-5-10(12)14/h3-6,9,18H,2,7-8H2,1H3. The number of fused-ring (bicyclic) bond motifs is 1. The van der Waals surface area contributed by atoms with Crippen molar-refractivity contribution in [3.8, 4) is 0 Å². The van der Waals surface area contributed by atoms with Crippen LogP contribution in [0.5, 0.6) is 0 Å². The second-order valence-electron chi connectivity index (χ2n) is 5.08. The van der Waals surface area contributed by atoms with Crippen LogP contribution in [0, 0.1) is 0 Å². The predicted molar refractivity (Wildman–Crippen MR) is 81.7 cm³/mol. The number of aromatic nitrogens is 2. The smallest absolute Gasteiger partial charge is 0.178 e. The van der Waals surface area contributed by atoms with Crippen molar-refractivity contribution < 1.29 is 13.5 Å². The lowest BCUT2D eigenvalue weighted by atomic mass is 9.87. The molecule has 0 radical (unpaired) electrons. The van der Waals surface area contributed by atoms with Crippen LogP contribution in [-0.4, -0.2) is 29.1 Å². The number of hydrogen-bond donors (Lipinski definition) is 1. The minimum Gasteiger partial charge on any atom is -0.379 e. The molecule has 0 spiro atoms. The number of rotatable bonds is 2. The average Bonchev–Trinajstić information content (AvgIpc) is 2.85. The molecule has 0 saturated heterocycles. The minimum absolute atomic E-state index is 0.0815. The van der Waals surface area contributed by atoms with Crippen molar-refractivity contribution >= 4 is 25.8 Å². The Morgan fingerprint density at radius 2 is 2.14 bits per heavy atom. The Morgan fingerprint density at radius 1 is 1.43 bits per heavy atom. The summed E-state index contributed by atoms with van der Waals surface area (Å²) in [5.74, 6) is -0.0815. The largest absolute Gasteiger partial charge is 0.379 e. The SMILES string of the molecule is CCn1ncc(Br)c1C1(O)CCS(=O)(=O)c2ccccc21. The van der Waals surface area contributed by atoms with E-state index in [0.717, 1.165) is 0 Å². The summed E-state index contributed by atoms with van der Waals surface area (Å²) in [6, 6.07) is 6.64. The van der Waals surface area contributed by atoms with Crippen molar-refractivity contribution in [1.29, 1.82) is 0 Å². The van der Waals surface area contributed by atoms with E-state index in [1.807, 2.05) is 6.92 Å². The zero-order valence-corrected chi connectivity index (χ0v) is 13.9. The van der Waals surface area contributed by atoms with Gasteiger partial charge in [-0.05, 0) is 28.9 Å². The van der Waals surface area contributed by atoms with Crippen molar-refractivity contribution in [3.63, 3.8) is 0 Å². The van der Waals surface area contributed by atoms with E-state index in [1.54, 1.807) is 35.1 Å². The highest BCUT2D eigenvalue weighted by atomic mass is 79.9. The quantitative estimate of drug-likeness (QED) is 0.878. The van der Waals surface area contributed by atoms with Crippen LogP contribution in [0.4, 0.5) is 0 Å². The maximum Gasteiger partial charge on any atom is 0.178 e. The second-order valence-corrected chi connectivity index (χ2v) is 8.01. The van der Waals surface area contributed by atoms with E-state index in [4.69, 9.17) is 0 Å². The molecular weight excluding hydrogens is 356 g/mol. The summed E-state index contributed by atoms with van der Waals surface area (Å²) >= 11 is 3.42. The van der Waals surface area contributed by atoms with Gasteiger partial charge in [0.1, 0.15) is 5.60 Å². The molecule has 1 aromatic carbocycles. The molecule has 1 N–H and O–H groups in total. The van der Waals surface area contributed by atoms with Gasteiger partial charge < -0.3 is 5.11 Å². The molecule has 0 aliphatic carbocycles. The molecule has 0 fully saturated rings. The molecule has 3 rings (SSSR count). The van der Waals surface area contributed by atoms with Crippen molar-refractivity contribution in [3.05, 3.63) is 46.2 Å². The first-order chi connectivity index (χ1) is 9.90. The van der Waals surface area contributed by atoms with Crippen molar-refractivity contribution in [2.24, 2.45) is 0 Å². The fourth-order valence-corrected chi connectivity index (χ4v) is 5.13. The Balaban J connectivity index is 2.30. The zero-order chi connectivity index (χ0) is 15.3. The molecule has 0 amide bonds. The van der Waals surface area contributed by atoms with Crippen molar-refractivity contribution in [2.75, 3.05) is 5.75 Å². The third-order valence-electron chi connectivity index (χ3n) is 3.89. The number of aliphatic hydroxyl groups is 1. The van der Waals surface area contributed by atoms with Gasteiger partial charge in [0, 0.05) is 18.5 Å². The van der Waals surface area contributed by atoms with Gasteiger partial charge in [-0.3, -0.25) is 4.68 Å². The number of halogens is 1. The Labute approximate surface area is 131 Å². The Bertz CT molecular complexity index is 800. The van der Waals surface area contributed by atoms with Gasteiger partial charge in [-0.15, -0.1) is 0 Å². The number of hydrogen-bond acceptors (Lipinski definition) is 4. The highest BCUT2D eigenvalue weighted by Crippen LogP contribution is 2.43. The molecule has 0 bridgehead atoms. The lowest BCUT2D eigenvalue weighted by molar-refractivity contribution is 0.0613. The summed E-state index contributed by atoms with van der Waals surface area (Å²) in [4.78, 5) is 0.203. The van der Waals surface area contributed by atoms with Gasteiger partial charge in [0.2, 0.25) is 0 Å². The van der Waals surface area contributed by atoms with Crippen LogP contribution in [0.2, 0.25) is 0 Å². The molecule has 0 saturated carbocycles. The highest BCUT2D eigenvalue weighted by Gasteiger charge is 2.44. The molecule has 2 aromatic rings. The van der Waals surface area contributed by atoms with Crippen LogP contribution in [-0.2, 0) is 22.0 Å². The van der Waals surface area contributed by atoms with Gasteiger partial charge in [-0.25, -0.2) is 8.42 Å². The lowest BCUT2D eigenvalue weighted by Crippen LogP contribution is -2.38. The van der Waals surface area contributed by atoms with Gasteiger partial charge in [0.15, 0.2) is 9.84 Å². The number of aryl methyl sites for hydroxylation is 1. The van der Waals surface area contributed by atoms with Crippen molar-refractivity contribution in [1.82, 2.24) is 9.78 Å². The molecule has 7 heteroatoms. The molecule has 2 heterocycles. The fraction of sp³-hybridized carbons (Fsp3) is 0.357. The van der Waals surface area contributed by atoms with E-state index in [0.29, 0.717) is 22.3 Å². The summed E-state index contributed by atoms with van der Waals surface area (Å²) in [5.41, 5.74) is -0.327. The van der Waals surface area contributed by atoms with Crippen LogP contribution in [0.25, 0.3) is 0 Å². The third-order valence-corrected chi connectivity index (χ3v) is 6.23. The number of sulfone groups is 1. The van der Waals surface area contributed by atoms with Crippen LogP contribution in [0.1, 0.15) is 24.6 Å². The van der Waals surface area contributed by atoms with Gasteiger partial charge in [0.05, 0.1) is 27.0 Å². The molecule has 1 aromatic heterocycles. The summed E-state index contributed by atoms with van der Waals surface area (Å²) in [6.45, 7) is 2.52. The number of nitrogens with zero attached hydrogens (tertiary/aromatic N) is 2. The van der Waals surface area contributed by atoms with E-state index in [2.05, 4.69) is 21.0 Å².